The van der Waals surface area contributed by atoms with Crippen molar-refractivity contribution in [1.29, 1.82) is 0 Å². The van der Waals surface area contributed by atoms with Gasteiger partial charge in [-0.3, -0.25) is 4.79 Å². The molecule has 0 aromatic carbocycles. The van der Waals surface area contributed by atoms with Gasteiger partial charge in [0.05, 0.1) is 12.6 Å². The van der Waals surface area contributed by atoms with Gasteiger partial charge in [0.1, 0.15) is 0 Å². The number of thiophene rings is 1. The second kappa shape index (κ2) is 5.66. The number of hydrogen-bond acceptors (Lipinski definition) is 3. The van der Waals surface area contributed by atoms with Crippen LogP contribution in [0.15, 0.2) is 12.1 Å². The number of halogens is 1. The Morgan fingerprint density at radius 3 is 2.75 bits per heavy atom. The predicted octanol–water partition coefficient (Wildman–Crippen LogP) is 1.80. The number of hydrogen-bond donors (Lipinski definition) is 1. The van der Waals surface area contributed by atoms with Gasteiger partial charge in [0.15, 0.2) is 0 Å². The quantitative estimate of drug-likeness (QED) is 0.899. The molecule has 1 aliphatic heterocycles. The topological polar surface area (TPSA) is 32.3 Å². The van der Waals surface area contributed by atoms with Crippen LogP contribution in [-0.2, 0) is 11.3 Å². The summed E-state index contributed by atoms with van der Waals surface area (Å²) >= 11 is 1.76. The van der Waals surface area contributed by atoms with Crippen molar-refractivity contribution in [1.82, 2.24) is 10.2 Å². The van der Waals surface area contributed by atoms with E-state index in [2.05, 4.69) is 24.4 Å². The number of nitrogens with one attached hydrogen (secondary N) is 1. The summed E-state index contributed by atoms with van der Waals surface area (Å²) in [5.41, 5.74) is 0. The van der Waals surface area contributed by atoms with Gasteiger partial charge >= 0.3 is 0 Å². The normalized spacial score (nSPS) is 18.5. The summed E-state index contributed by atoms with van der Waals surface area (Å²) in [7, 11) is 1.87. The first kappa shape index (κ1) is 13.5. The Labute approximate surface area is 106 Å². The molecule has 0 radical (unpaired) electrons. The molecule has 1 aromatic rings. The van der Waals surface area contributed by atoms with E-state index < -0.39 is 0 Å². The molecule has 0 bridgehead atoms. The van der Waals surface area contributed by atoms with Crippen molar-refractivity contribution in [2.45, 2.75) is 25.9 Å². The van der Waals surface area contributed by atoms with Gasteiger partial charge in [-0.2, -0.15) is 0 Å². The number of amides is 1. The lowest BCUT2D eigenvalue weighted by Crippen LogP contribution is -2.53. The van der Waals surface area contributed by atoms with E-state index in [-0.39, 0.29) is 24.4 Å². The molecule has 1 fully saturated rings. The summed E-state index contributed by atoms with van der Waals surface area (Å²) in [5.74, 6) is 0.215. The summed E-state index contributed by atoms with van der Waals surface area (Å²) in [6.07, 6.45) is 0.979. The number of carbonyl (C=O) groups is 1. The van der Waals surface area contributed by atoms with Crippen LogP contribution in [0.3, 0.4) is 0 Å². The lowest BCUT2D eigenvalue weighted by atomic mass is 10.1. The van der Waals surface area contributed by atoms with Gasteiger partial charge in [-0.25, -0.2) is 0 Å². The minimum Gasteiger partial charge on any atom is -0.339 e. The number of carbonyl (C=O) groups excluding carboxylic acids is 1. The van der Waals surface area contributed by atoms with Crippen molar-refractivity contribution in [3.8, 4) is 0 Å². The van der Waals surface area contributed by atoms with Crippen LogP contribution < -0.4 is 5.32 Å². The van der Waals surface area contributed by atoms with E-state index in [9.17, 15) is 4.79 Å². The minimum atomic E-state index is 0. The van der Waals surface area contributed by atoms with Gasteiger partial charge in [-0.15, -0.1) is 23.7 Å². The van der Waals surface area contributed by atoms with Crippen LogP contribution in [0.25, 0.3) is 0 Å². The van der Waals surface area contributed by atoms with Crippen molar-refractivity contribution in [2.24, 2.45) is 0 Å². The third kappa shape index (κ3) is 2.97. The lowest BCUT2D eigenvalue weighted by molar-refractivity contribution is -0.134. The third-order valence-electron chi connectivity index (χ3n) is 2.69. The van der Waals surface area contributed by atoms with E-state index in [4.69, 9.17) is 0 Å². The number of likely N-dealkylation sites (N-methyl/N-ethyl adjacent to an activating group) is 1. The van der Waals surface area contributed by atoms with Crippen LogP contribution in [0.2, 0.25) is 0 Å². The van der Waals surface area contributed by atoms with Crippen LogP contribution >= 0.6 is 23.7 Å². The van der Waals surface area contributed by atoms with Gasteiger partial charge < -0.3 is 10.2 Å². The van der Waals surface area contributed by atoms with E-state index in [1.165, 1.54) is 9.75 Å². The molecular formula is C11H17ClN2OS. The Bertz CT molecular complexity index is 363. The van der Waals surface area contributed by atoms with E-state index >= 15 is 0 Å². The van der Waals surface area contributed by atoms with Gasteiger partial charge in [0, 0.05) is 16.8 Å². The summed E-state index contributed by atoms with van der Waals surface area (Å²) in [5, 5.41) is 3.13. The summed E-state index contributed by atoms with van der Waals surface area (Å²) in [4.78, 5) is 16.2. The molecule has 5 heteroatoms. The Morgan fingerprint density at radius 2 is 2.31 bits per heavy atom. The maximum atomic E-state index is 11.8. The fourth-order valence-corrected chi connectivity index (χ4v) is 2.59. The molecular weight excluding hydrogens is 244 g/mol. The molecule has 1 aliphatic rings. The zero-order valence-electron chi connectivity index (χ0n) is 9.53. The monoisotopic (exact) mass is 260 g/mol. The maximum Gasteiger partial charge on any atom is 0.239 e. The largest absolute Gasteiger partial charge is 0.339 e. The van der Waals surface area contributed by atoms with Crippen LogP contribution in [0.4, 0.5) is 0 Å². The molecule has 0 aliphatic carbocycles. The fourth-order valence-electron chi connectivity index (χ4n) is 1.65. The molecule has 1 atom stereocenters. The Kier molecular flexibility index (Phi) is 4.77. The van der Waals surface area contributed by atoms with E-state index in [0.29, 0.717) is 0 Å². The molecule has 0 spiro atoms. The average Bonchev–Trinajstić information content (AvgIpc) is 2.48. The molecule has 3 nitrogen and oxygen atoms in total. The van der Waals surface area contributed by atoms with Crippen LogP contribution in [0, 0.1) is 6.92 Å². The zero-order chi connectivity index (χ0) is 10.8. The molecule has 90 valence electrons. The van der Waals surface area contributed by atoms with Crippen LogP contribution in [0.5, 0.6) is 0 Å². The maximum absolute atomic E-state index is 11.8. The van der Waals surface area contributed by atoms with Crippen molar-refractivity contribution in [2.75, 3.05) is 13.6 Å². The highest BCUT2D eigenvalue weighted by atomic mass is 35.5. The number of aryl methyl sites for hydroxylation is 1. The highest BCUT2D eigenvalue weighted by Gasteiger charge is 2.27. The van der Waals surface area contributed by atoms with E-state index in [1.54, 1.807) is 11.3 Å². The molecule has 2 heterocycles. The standard InChI is InChI=1S/C11H16N2OS.ClH/c1-8-3-4-9(15-8)7-13(2)11(14)10-5-6-12-10;/h3-4,10,12H,5-7H2,1-2H3;1H/t10-;/m1./s1. The minimum absolute atomic E-state index is 0. The first-order chi connectivity index (χ1) is 7.16. The highest BCUT2D eigenvalue weighted by Crippen LogP contribution is 2.17. The first-order valence-corrected chi connectivity index (χ1v) is 6.02. The predicted molar refractivity (Wildman–Crippen MR) is 69.2 cm³/mol. The summed E-state index contributed by atoms with van der Waals surface area (Å²) in [6, 6.07) is 4.26. The van der Waals surface area contributed by atoms with Gasteiger partial charge in [0.2, 0.25) is 5.91 Å². The van der Waals surface area contributed by atoms with Crippen molar-refractivity contribution in [3.05, 3.63) is 21.9 Å². The van der Waals surface area contributed by atoms with Gasteiger partial charge in [-0.1, -0.05) is 0 Å². The molecule has 1 aromatic heterocycles. The highest BCUT2D eigenvalue weighted by molar-refractivity contribution is 7.11. The second-order valence-corrected chi connectivity index (χ2v) is 5.37. The zero-order valence-corrected chi connectivity index (χ0v) is 11.2. The lowest BCUT2D eigenvalue weighted by Gasteiger charge is -2.30. The first-order valence-electron chi connectivity index (χ1n) is 5.20. The summed E-state index contributed by atoms with van der Waals surface area (Å²) < 4.78 is 0. The summed E-state index contributed by atoms with van der Waals surface area (Å²) in [6.45, 7) is 3.79. The molecule has 1 N–H and O–H groups in total. The molecule has 16 heavy (non-hydrogen) atoms. The van der Waals surface area contributed by atoms with Gasteiger partial charge in [0.25, 0.3) is 0 Å². The SMILES string of the molecule is Cc1ccc(CN(C)C(=O)[C@H]2CCN2)s1.Cl. The third-order valence-corrected chi connectivity index (χ3v) is 3.67. The molecule has 0 saturated carbocycles. The van der Waals surface area contributed by atoms with Crippen LogP contribution in [0.1, 0.15) is 16.2 Å². The van der Waals surface area contributed by atoms with E-state index in [1.807, 2.05) is 11.9 Å². The Balaban J connectivity index is 0.00000128. The molecule has 1 amide bonds. The average molecular weight is 261 g/mol. The van der Waals surface area contributed by atoms with Crippen molar-refractivity contribution < 1.29 is 4.79 Å². The Morgan fingerprint density at radius 1 is 1.62 bits per heavy atom. The Hall–Kier alpha value is -0.580. The van der Waals surface area contributed by atoms with Crippen molar-refractivity contribution in [3.63, 3.8) is 0 Å². The van der Waals surface area contributed by atoms with Crippen LogP contribution in [-0.4, -0.2) is 30.4 Å². The number of rotatable bonds is 3. The molecule has 1 saturated heterocycles. The number of nitrogens with zero attached hydrogens (tertiary/aromatic N) is 1. The fraction of sp³-hybridized carbons (Fsp3) is 0.545. The second-order valence-electron chi connectivity index (χ2n) is 4.00. The molecule has 2 rings (SSSR count). The van der Waals surface area contributed by atoms with E-state index in [0.717, 1.165) is 19.5 Å². The van der Waals surface area contributed by atoms with Gasteiger partial charge in [-0.05, 0) is 32.0 Å². The van der Waals surface area contributed by atoms with Crippen molar-refractivity contribution >= 4 is 29.7 Å². The molecule has 0 unspecified atom stereocenters. The smallest absolute Gasteiger partial charge is 0.239 e.